The number of β-amino-alcohol motifs (C(OH)–C–C–N with tert-alkyl or cyclic N) is 1. The van der Waals surface area contributed by atoms with Gasteiger partial charge in [-0.1, -0.05) is 0 Å². The van der Waals surface area contributed by atoms with Crippen molar-refractivity contribution in [3.05, 3.63) is 23.9 Å². The number of hydrogen-bond donors (Lipinski definition) is 2. The summed E-state index contributed by atoms with van der Waals surface area (Å²) in [6.45, 7) is 2.80. The Morgan fingerprint density at radius 2 is 2.38 bits per heavy atom. The molecule has 0 aliphatic carbocycles. The third-order valence-corrected chi connectivity index (χ3v) is 2.77. The molecule has 1 saturated heterocycles. The zero-order valence-electron chi connectivity index (χ0n) is 9.05. The summed E-state index contributed by atoms with van der Waals surface area (Å²) in [4.78, 5) is 16.9. The molecule has 0 saturated carbocycles. The first-order valence-electron chi connectivity index (χ1n) is 5.15. The molecule has 1 atom stereocenters. The molecular formula is C11H14N2O3. The summed E-state index contributed by atoms with van der Waals surface area (Å²) < 4.78 is 0. The average molecular weight is 222 g/mol. The van der Waals surface area contributed by atoms with Gasteiger partial charge in [0.1, 0.15) is 11.4 Å². The molecule has 2 heterocycles. The summed E-state index contributed by atoms with van der Waals surface area (Å²) in [5, 5.41) is 18.9. The number of carboxylic acid groups (broad SMARTS) is 1. The lowest BCUT2D eigenvalue weighted by molar-refractivity contribution is 0.0695. The molecule has 0 spiro atoms. The van der Waals surface area contributed by atoms with Gasteiger partial charge in [0.05, 0.1) is 5.60 Å². The van der Waals surface area contributed by atoms with E-state index in [1.165, 1.54) is 6.07 Å². The van der Waals surface area contributed by atoms with Crippen LogP contribution in [-0.2, 0) is 0 Å². The van der Waals surface area contributed by atoms with E-state index in [1.54, 1.807) is 19.2 Å². The third-order valence-electron chi connectivity index (χ3n) is 2.77. The number of aliphatic hydroxyl groups is 1. The molecule has 1 aromatic rings. The molecule has 1 aliphatic heterocycles. The second-order valence-corrected chi connectivity index (χ2v) is 4.35. The van der Waals surface area contributed by atoms with Crippen LogP contribution in [0.2, 0.25) is 0 Å². The minimum Gasteiger partial charge on any atom is -0.478 e. The average Bonchev–Trinajstić information content (AvgIpc) is 2.59. The molecule has 5 heteroatoms. The van der Waals surface area contributed by atoms with E-state index in [2.05, 4.69) is 4.98 Å². The van der Waals surface area contributed by atoms with Gasteiger partial charge in [-0.3, -0.25) is 0 Å². The molecule has 1 unspecified atom stereocenters. The Morgan fingerprint density at radius 1 is 1.62 bits per heavy atom. The van der Waals surface area contributed by atoms with Gasteiger partial charge in [-0.05, 0) is 25.5 Å². The number of aromatic nitrogens is 1. The number of carbonyl (C=O) groups is 1. The van der Waals surface area contributed by atoms with Gasteiger partial charge in [0, 0.05) is 19.3 Å². The fourth-order valence-electron chi connectivity index (χ4n) is 1.94. The molecule has 5 nitrogen and oxygen atoms in total. The van der Waals surface area contributed by atoms with Crippen molar-refractivity contribution in [3.8, 4) is 0 Å². The Morgan fingerprint density at radius 3 is 2.94 bits per heavy atom. The van der Waals surface area contributed by atoms with E-state index < -0.39 is 11.6 Å². The van der Waals surface area contributed by atoms with Gasteiger partial charge in [0.2, 0.25) is 0 Å². The molecule has 1 aromatic heterocycles. The Labute approximate surface area is 93.3 Å². The van der Waals surface area contributed by atoms with Crippen LogP contribution >= 0.6 is 0 Å². The standard InChI is InChI=1S/C11H14N2O3/c1-11(16)4-6-13(7-11)9-8(10(14)15)3-2-5-12-9/h2-3,5,16H,4,6-7H2,1H3,(H,14,15). The number of pyridine rings is 1. The van der Waals surface area contributed by atoms with Gasteiger partial charge in [-0.25, -0.2) is 9.78 Å². The smallest absolute Gasteiger partial charge is 0.339 e. The Bertz CT molecular complexity index is 417. The summed E-state index contributed by atoms with van der Waals surface area (Å²) >= 11 is 0. The van der Waals surface area contributed by atoms with E-state index in [-0.39, 0.29) is 5.56 Å². The predicted octanol–water partition coefficient (Wildman–Crippen LogP) is 0.741. The summed E-state index contributed by atoms with van der Waals surface area (Å²) in [6.07, 6.45) is 2.19. The van der Waals surface area contributed by atoms with Gasteiger partial charge in [-0.2, -0.15) is 0 Å². The molecular weight excluding hydrogens is 208 g/mol. The number of nitrogens with zero attached hydrogens (tertiary/aromatic N) is 2. The first-order valence-corrected chi connectivity index (χ1v) is 5.15. The fourth-order valence-corrected chi connectivity index (χ4v) is 1.94. The molecule has 2 rings (SSSR count). The molecule has 0 amide bonds. The van der Waals surface area contributed by atoms with Gasteiger partial charge < -0.3 is 15.1 Å². The summed E-state index contributed by atoms with van der Waals surface area (Å²) in [5.41, 5.74) is -0.576. The van der Waals surface area contributed by atoms with Crippen LogP contribution in [0, 0.1) is 0 Å². The fraction of sp³-hybridized carbons (Fsp3) is 0.455. The van der Waals surface area contributed by atoms with Crippen LogP contribution in [0.3, 0.4) is 0 Å². The zero-order chi connectivity index (χ0) is 11.8. The summed E-state index contributed by atoms with van der Waals surface area (Å²) in [6, 6.07) is 3.12. The predicted molar refractivity (Wildman–Crippen MR) is 58.7 cm³/mol. The minimum atomic E-state index is -0.991. The van der Waals surface area contributed by atoms with Crippen LogP contribution in [0.25, 0.3) is 0 Å². The monoisotopic (exact) mass is 222 g/mol. The van der Waals surface area contributed by atoms with Gasteiger partial charge >= 0.3 is 5.97 Å². The highest BCUT2D eigenvalue weighted by molar-refractivity contribution is 5.93. The van der Waals surface area contributed by atoms with Crippen LogP contribution < -0.4 is 4.90 Å². The summed E-state index contributed by atoms with van der Waals surface area (Å²) in [5.74, 6) is -0.553. The zero-order valence-corrected chi connectivity index (χ0v) is 9.05. The van der Waals surface area contributed by atoms with Crippen LogP contribution in [-0.4, -0.2) is 39.9 Å². The van der Waals surface area contributed by atoms with Crippen molar-refractivity contribution in [2.75, 3.05) is 18.0 Å². The van der Waals surface area contributed by atoms with E-state index >= 15 is 0 Å². The van der Waals surface area contributed by atoms with Gasteiger partial charge in [-0.15, -0.1) is 0 Å². The topological polar surface area (TPSA) is 73.7 Å². The molecule has 86 valence electrons. The van der Waals surface area contributed by atoms with Crippen molar-refractivity contribution in [3.63, 3.8) is 0 Å². The maximum atomic E-state index is 11.0. The normalized spacial score (nSPS) is 24.8. The van der Waals surface area contributed by atoms with Gasteiger partial charge in [0.15, 0.2) is 0 Å². The first kappa shape index (κ1) is 10.9. The maximum Gasteiger partial charge on any atom is 0.339 e. The second-order valence-electron chi connectivity index (χ2n) is 4.35. The molecule has 0 bridgehead atoms. The highest BCUT2D eigenvalue weighted by atomic mass is 16.4. The highest BCUT2D eigenvalue weighted by Gasteiger charge is 2.33. The highest BCUT2D eigenvalue weighted by Crippen LogP contribution is 2.27. The molecule has 0 aromatic carbocycles. The van der Waals surface area contributed by atoms with Crippen LogP contribution in [0.1, 0.15) is 23.7 Å². The van der Waals surface area contributed by atoms with Crippen LogP contribution in [0.5, 0.6) is 0 Å². The number of rotatable bonds is 2. The molecule has 0 radical (unpaired) electrons. The lowest BCUT2D eigenvalue weighted by atomic mass is 10.1. The number of hydrogen-bond acceptors (Lipinski definition) is 4. The number of aromatic carboxylic acids is 1. The van der Waals surface area contributed by atoms with Crippen molar-refractivity contribution < 1.29 is 15.0 Å². The largest absolute Gasteiger partial charge is 0.478 e. The molecule has 16 heavy (non-hydrogen) atoms. The van der Waals surface area contributed by atoms with Crippen molar-refractivity contribution >= 4 is 11.8 Å². The van der Waals surface area contributed by atoms with Crippen molar-refractivity contribution in [1.29, 1.82) is 0 Å². The van der Waals surface area contributed by atoms with E-state index in [9.17, 15) is 9.90 Å². The van der Waals surface area contributed by atoms with E-state index in [0.29, 0.717) is 25.3 Å². The maximum absolute atomic E-state index is 11.0. The van der Waals surface area contributed by atoms with E-state index in [4.69, 9.17) is 5.11 Å². The molecule has 1 aliphatic rings. The quantitative estimate of drug-likeness (QED) is 0.772. The van der Waals surface area contributed by atoms with E-state index in [0.717, 1.165) is 0 Å². The molecule has 1 fully saturated rings. The van der Waals surface area contributed by atoms with Crippen molar-refractivity contribution in [2.24, 2.45) is 0 Å². The molecule has 2 N–H and O–H groups in total. The Hall–Kier alpha value is -1.62. The second kappa shape index (κ2) is 3.75. The first-order chi connectivity index (χ1) is 7.49. The van der Waals surface area contributed by atoms with Crippen LogP contribution in [0.4, 0.5) is 5.82 Å². The lowest BCUT2D eigenvalue weighted by Crippen LogP contribution is -2.30. The number of anilines is 1. The number of carboxylic acids is 1. The SMILES string of the molecule is CC1(O)CCN(c2ncccc2C(=O)O)C1. The summed E-state index contributed by atoms with van der Waals surface area (Å²) in [7, 11) is 0. The Kier molecular flexibility index (Phi) is 2.55. The van der Waals surface area contributed by atoms with Gasteiger partial charge in [0.25, 0.3) is 0 Å². The Balaban J connectivity index is 2.31. The van der Waals surface area contributed by atoms with Crippen LogP contribution in [0.15, 0.2) is 18.3 Å². The van der Waals surface area contributed by atoms with Crippen molar-refractivity contribution in [1.82, 2.24) is 4.98 Å². The third kappa shape index (κ3) is 1.99. The van der Waals surface area contributed by atoms with E-state index in [1.807, 2.05) is 4.90 Å². The lowest BCUT2D eigenvalue weighted by Gasteiger charge is -2.20. The van der Waals surface area contributed by atoms with Crippen molar-refractivity contribution in [2.45, 2.75) is 18.9 Å². The minimum absolute atomic E-state index is 0.181.